The van der Waals surface area contributed by atoms with Crippen molar-refractivity contribution < 1.29 is 9.47 Å². The number of hydrogen-bond acceptors (Lipinski definition) is 4. The van der Waals surface area contributed by atoms with Gasteiger partial charge in [0.05, 0.1) is 7.11 Å². The molecule has 0 bridgehead atoms. The SMILES string of the molecule is COc1ccc(N)cc1OCC1CCCN1C. The lowest BCUT2D eigenvalue weighted by molar-refractivity contribution is 0.193. The van der Waals surface area contributed by atoms with Gasteiger partial charge < -0.3 is 20.1 Å². The third-order valence-electron chi connectivity index (χ3n) is 3.29. The highest BCUT2D eigenvalue weighted by molar-refractivity contribution is 5.51. The van der Waals surface area contributed by atoms with Gasteiger partial charge in [-0.2, -0.15) is 0 Å². The minimum atomic E-state index is 0.501. The number of methoxy groups -OCH3 is 1. The number of hydrogen-bond donors (Lipinski definition) is 1. The minimum Gasteiger partial charge on any atom is -0.493 e. The number of ether oxygens (including phenoxy) is 2. The summed E-state index contributed by atoms with van der Waals surface area (Å²) in [6.45, 7) is 1.85. The monoisotopic (exact) mass is 236 g/mol. The topological polar surface area (TPSA) is 47.7 Å². The summed E-state index contributed by atoms with van der Waals surface area (Å²) in [5.74, 6) is 1.47. The van der Waals surface area contributed by atoms with E-state index in [0.29, 0.717) is 18.3 Å². The van der Waals surface area contributed by atoms with Crippen LogP contribution in [0.1, 0.15) is 12.8 Å². The summed E-state index contributed by atoms with van der Waals surface area (Å²) in [6, 6.07) is 5.96. The maximum absolute atomic E-state index is 5.82. The summed E-state index contributed by atoms with van der Waals surface area (Å²) in [7, 11) is 3.78. The highest BCUT2D eigenvalue weighted by Gasteiger charge is 2.21. The Kier molecular flexibility index (Phi) is 3.74. The molecule has 1 aromatic carbocycles. The van der Waals surface area contributed by atoms with Gasteiger partial charge in [-0.25, -0.2) is 0 Å². The Morgan fingerprint density at radius 1 is 1.41 bits per heavy atom. The summed E-state index contributed by atoms with van der Waals surface area (Å²) < 4.78 is 11.1. The van der Waals surface area contributed by atoms with Crippen LogP contribution < -0.4 is 15.2 Å². The number of rotatable bonds is 4. The van der Waals surface area contributed by atoms with Crippen LogP contribution in [0.2, 0.25) is 0 Å². The van der Waals surface area contributed by atoms with Crippen molar-refractivity contribution in [1.82, 2.24) is 4.90 Å². The lowest BCUT2D eigenvalue weighted by Gasteiger charge is -2.20. The van der Waals surface area contributed by atoms with Gasteiger partial charge in [-0.1, -0.05) is 0 Å². The summed E-state index contributed by atoms with van der Waals surface area (Å²) in [5.41, 5.74) is 6.44. The Morgan fingerprint density at radius 3 is 2.88 bits per heavy atom. The van der Waals surface area contributed by atoms with Gasteiger partial charge in [-0.3, -0.25) is 0 Å². The standard InChI is InChI=1S/C13H20N2O2/c1-15-7-3-4-11(15)9-17-13-8-10(14)5-6-12(13)16-2/h5-6,8,11H,3-4,7,9,14H2,1-2H3. The lowest BCUT2D eigenvalue weighted by atomic mass is 10.2. The van der Waals surface area contributed by atoms with E-state index in [4.69, 9.17) is 15.2 Å². The van der Waals surface area contributed by atoms with E-state index in [1.165, 1.54) is 12.8 Å². The van der Waals surface area contributed by atoms with Gasteiger partial charge in [-0.05, 0) is 38.6 Å². The van der Waals surface area contributed by atoms with Crippen molar-refractivity contribution >= 4 is 5.69 Å². The molecule has 4 heteroatoms. The number of nitrogen functional groups attached to an aromatic ring is 1. The van der Waals surface area contributed by atoms with Crippen molar-refractivity contribution in [3.05, 3.63) is 18.2 Å². The van der Waals surface area contributed by atoms with Crippen LogP contribution in [0.25, 0.3) is 0 Å². The van der Waals surface area contributed by atoms with Crippen molar-refractivity contribution in [3.8, 4) is 11.5 Å². The fraction of sp³-hybridized carbons (Fsp3) is 0.538. The molecule has 0 radical (unpaired) electrons. The second-order valence-corrected chi connectivity index (χ2v) is 4.50. The molecule has 4 nitrogen and oxygen atoms in total. The van der Waals surface area contributed by atoms with Crippen molar-refractivity contribution in [2.75, 3.05) is 33.0 Å². The van der Waals surface area contributed by atoms with Crippen LogP contribution in [-0.2, 0) is 0 Å². The summed E-state index contributed by atoms with van der Waals surface area (Å²) in [5, 5.41) is 0. The van der Waals surface area contributed by atoms with Gasteiger partial charge >= 0.3 is 0 Å². The molecule has 1 atom stereocenters. The Hall–Kier alpha value is -1.42. The fourth-order valence-corrected chi connectivity index (χ4v) is 2.18. The molecule has 1 aromatic rings. The Morgan fingerprint density at radius 2 is 2.24 bits per heavy atom. The molecule has 0 aliphatic carbocycles. The van der Waals surface area contributed by atoms with E-state index in [1.54, 1.807) is 7.11 Å². The average Bonchev–Trinajstić information content (AvgIpc) is 2.72. The number of likely N-dealkylation sites (N-methyl/N-ethyl adjacent to an activating group) is 1. The van der Waals surface area contributed by atoms with E-state index in [-0.39, 0.29) is 0 Å². The van der Waals surface area contributed by atoms with Gasteiger partial charge in [0.25, 0.3) is 0 Å². The highest BCUT2D eigenvalue weighted by atomic mass is 16.5. The Bertz CT molecular complexity index is 382. The predicted molar refractivity (Wildman–Crippen MR) is 68.6 cm³/mol. The van der Waals surface area contributed by atoms with Crippen LogP contribution in [0.4, 0.5) is 5.69 Å². The van der Waals surface area contributed by atoms with Crippen molar-refractivity contribution in [3.63, 3.8) is 0 Å². The smallest absolute Gasteiger partial charge is 0.163 e. The molecule has 1 aliphatic rings. The van der Waals surface area contributed by atoms with Crippen molar-refractivity contribution in [1.29, 1.82) is 0 Å². The predicted octanol–water partition coefficient (Wildman–Crippen LogP) is 1.75. The van der Waals surface area contributed by atoms with Crippen LogP contribution in [0, 0.1) is 0 Å². The summed E-state index contributed by atoms with van der Waals surface area (Å²) >= 11 is 0. The number of anilines is 1. The molecule has 1 fully saturated rings. The molecule has 1 unspecified atom stereocenters. The maximum atomic E-state index is 5.82. The average molecular weight is 236 g/mol. The number of benzene rings is 1. The molecule has 2 N–H and O–H groups in total. The van der Waals surface area contributed by atoms with Gasteiger partial charge in [0.15, 0.2) is 11.5 Å². The van der Waals surface area contributed by atoms with Gasteiger partial charge in [0.1, 0.15) is 6.61 Å². The third-order valence-corrected chi connectivity index (χ3v) is 3.29. The van der Waals surface area contributed by atoms with Crippen LogP contribution in [0.3, 0.4) is 0 Å². The van der Waals surface area contributed by atoms with Crippen LogP contribution in [-0.4, -0.2) is 38.3 Å². The molecule has 0 saturated carbocycles. The van der Waals surface area contributed by atoms with E-state index < -0.39 is 0 Å². The second-order valence-electron chi connectivity index (χ2n) is 4.50. The maximum Gasteiger partial charge on any atom is 0.163 e. The molecule has 94 valence electrons. The number of nitrogens with two attached hydrogens (primary N) is 1. The van der Waals surface area contributed by atoms with E-state index >= 15 is 0 Å². The third kappa shape index (κ3) is 2.82. The van der Waals surface area contributed by atoms with E-state index in [1.807, 2.05) is 18.2 Å². The molecule has 1 aliphatic heterocycles. The molecule has 0 spiro atoms. The highest BCUT2D eigenvalue weighted by Crippen LogP contribution is 2.29. The molecule has 2 rings (SSSR count). The van der Waals surface area contributed by atoms with Crippen LogP contribution >= 0.6 is 0 Å². The van der Waals surface area contributed by atoms with Crippen LogP contribution in [0.5, 0.6) is 11.5 Å². The first-order valence-corrected chi connectivity index (χ1v) is 5.97. The Labute approximate surface area is 102 Å². The number of nitrogens with zero attached hydrogens (tertiary/aromatic N) is 1. The quantitative estimate of drug-likeness (QED) is 0.809. The fourth-order valence-electron chi connectivity index (χ4n) is 2.18. The van der Waals surface area contributed by atoms with Gasteiger partial charge in [-0.15, -0.1) is 0 Å². The number of likely N-dealkylation sites (tertiary alicyclic amines) is 1. The second kappa shape index (κ2) is 5.27. The summed E-state index contributed by atoms with van der Waals surface area (Å²) in [6.07, 6.45) is 2.44. The molecular formula is C13H20N2O2. The zero-order chi connectivity index (χ0) is 12.3. The first kappa shape index (κ1) is 12.0. The first-order valence-electron chi connectivity index (χ1n) is 5.97. The molecular weight excluding hydrogens is 216 g/mol. The first-order chi connectivity index (χ1) is 8.20. The molecule has 0 aromatic heterocycles. The zero-order valence-electron chi connectivity index (χ0n) is 10.5. The minimum absolute atomic E-state index is 0.501. The lowest BCUT2D eigenvalue weighted by Crippen LogP contribution is -2.30. The van der Waals surface area contributed by atoms with Crippen LogP contribution in [0.15, 0.2) is 18.2 Å². The molecule has 17 heavy (non-hydrogen) atoms. The Balaban J connectivity index is 2.00. The zero-order valence-corrected chi connectivity index (χ0v) is 10.5. The molecule has 1 saturated heterocycles. The van der Waals surface area contributed by atoms with E-state index in [0.717, 1.165) is 18.0 Å². The van der Waals surface area contributed by atoms with Gasteiger partial charge in [0, 0.05) is 17.8 Å². The van der Waals surface area contributed by atoms with Gasteiger partial charge in [0.2, 0.25) is 0 Å². The summed E-state index contributed by atoms with van der Waals surface area (Å²) in [4.78, 5) is 2.33. The molecule has 0 amide bonds. The van der Waals surface area contributed by atoms with E-state index in [2.05, 4.69) is 11.9 Å². The molecule has 1 heterocycles. The van der Waals surface area contributed by atoms with Crippen molar-refractivity contribution in [2.45, 2.75) is 18.9 Å². The van der Waals surface area contributed by atoms with Crippen molar-refractivity contribution in [2.24, 2.45) is 0 Å². The van der Waals surface area contributed by atoms with E-state index in [9.17, 15) is 0 Å². The largest absolute Gasteiger partial charge is 0.493 e. The normalized spacial score (nSPS) is 20.5.